The van der Waals surface area contributed by atoms with Gasteiger partial charge < -0.3 is 9.47 Å². The van der Waals surface area contributed by atoms with E-state index in [1.54, 1.807) is 0 Å². The number of rotatable bonds is 3. The SMILES string of the molecule is CC(=O)OC(C)OC1C2CC3CC(C2)CC1C3. The van der Waals surface area contributed by atoms with Crippen LogP contribution in [0.3, 0.4) is 0 Å². The Kier molecular flexibility index (Phi) is 2.89. The van der Waals surface area contributed by atoms with E-state index in [9.17, 15) is 4.79 Å². The molecule has 0 radical (unpaired) electrons. The highest BCUT2D eigenvalue weighted by atomic mass is 16.7. The third kappa shape index (κ3) is 2.22. The van der Waals surface area contributed by atoms with E-state index in [1.807, 2.05) is 6.92 Å². The van der Waals surface area contributed by atoms with Gasteiger partial charge in [0.05, 0.1) is 6.10 Å². The minimum absolute atomic E-state index is 0.249. The molecule has 4 saturated carbocycles. The highest BCUT2D eigenvalue weighted by molar-refractivity contribution is 5.65. The zero-order chi connectivity index (χ0) is 12.0. The summed E-state index contributed by atoms with van der Waals surface area (Å²) in [4.78, 5) is 10.9. The first-order valence-corrected chi connectivity index (χ1v) is 6.94. The highest BCUT2D eigenvalue weighted by Crippen LogP contribution is 2.54. The average molecular weight is 238 g/mol. The second-order valence-electron chi connectivity index (χ2n) is 6.21. The molecule has 3 nitrogen and oxygen atoms in total. The molecule has 4 fully saturated rings. The van der Waals surface area contributed by atoms with Crippen LogP contribution in [0.5, 0.6) is 0 Å². The zero-order valence-electron chi connectivity index (χ0n) is 10.7. The Hall–Kier alpha value is -0.570. The first-order valence-electron chi connectivity index (χ1n) is 6.94. The van der Waals surface area contributed by atoms with Gasteiger partial charge >= 0.3 is 5.97 Å². The fourth-order valence-electron chi connectivity index (χ4n) is 4.58. The van der Waals surface area contributed by atoms with E-state index in [0.717, 1.165) is 23.7 Å². The fraction of sp³-hybridized carbons (Fsp3) is 0.929. The van der Waals surface area contributed by atoms with E-state index in [-0.39, 0.29) is 12.3 Å². The van der Waals surface area contributed by atoms with Gasteiger partial charge in [-0.2, -0.15) is 0 Å². The maximum absolute atomic E-state index is 10.9. The third-order valence-electron chi connectivity index (χ3n) is 4.82. The Morgan fingerprint density at radius 3 is 2.06 bits per heavy atom. The summed E-state index contributed by atoms with van der Waals surface area (Å²) in [5.41, 5.74) is 0. The number of esters is 1. The molecule has 96 valence electrons. The van der Waals surface area contributed by atoms with Crippen molar-refractivity contribution in [3.8, 4) is 0 Å². The first-order chi connectivity index (χ1) is 8.11. The standard InChI is InChI=1S/C14H22O3/c1-8(15)16-9(2)17-14-12-4-10-3-11(6-12)7-13(14)5-10/h9-14H,3-7H2,1-2H3. The van der Waals surface area contributed by atoms with Gasteiger partial charge in [0.2, 0.25) is 0 Å². The van der Waals surface area contributed by atoms with Crippen LogP contribution < -0.4 is 0 Å². The number of hydrogen-bond acceptors (Lipinski definition) is 3. The van der Waals surface area contributed by atoms with Gasteiger partial charge in [0.1, 0.15) is 0 Å². The Labute approximate surface area is 103 Å². The Balaban J connectivity index is 1.62. The molecule has 4 bridgehead atoms. The molecule has 0 aromatic carbocycles. The Bertz CT molecular complexity index is 285. The second-order valence-corrected chi connectivity index (χ2v) is 6.21. The van der Waals surface area contributed by atoms with Crippen LogP contribution in [0.25, 0.3) is 0 Å². The van der Waals surface area contributed by atoms with E-state index in [1.165, 1.54) is 39.0 Å². The molecule has 0 N–H and O–H groups in total. The quantitative estimate of drug-likeness (QED) is 0.560. The van der Waals surface area contributed by atoms with Crippen LogP contribution in [0.1, 0.15) is 46.0 Å². The van der Waals surface area contributed by atoms with E-state index in [0.29, 0.717) is 6.10 Å². The van der Waals surface area contributed by atoms with Crippen LogP contribution in [0.2, 0.25) is 0 Å². The molecular formula is C14H22O3. The Morgan fingerprint density at radius 2 is 1.59 bits per heavy atom. The molecule has 1 unspecified atom stereocenters. The van der Waals surface area contributed by atoms with Crippen LogP contribution in [-0.2, 0) is 14.3 Å². The molecular weight excluding hydrogens is 216 g/mol. The lowest BCUT2D eigenvalue weighted by atomic mass is 9.55. The van der Waals surface area contributed by atoms with Crippen molar-refractivity contribution >= 4 is 5.97 Å². The van der Waals surface area contributed by atoms with Crippen molar-refractivity contribution in [2.75, 3.05) is 0 Å². The molecule has 0 spiro atoms. The summed E-state index contributed by atoms with van der Waals surface area (Å²) in [5.74, 6) is 3.12. The van der Waals surface area contributed by atoms with Gasteiger partial charge in [-0.25, -0.2) is 0 Å². The van der Waals surface area contributed by atoms with Crippen LogP contribution in [0.4, 0.5) is 0 Å². The van der Waals surface area contributed by atoms with Crippen molar-refractivity contribution in [2.45, 2.75) is 58.3 Å². The summed E-state index contributed by atoms with van der Waals surface area (Å²) in [6, 6.07) is 0. The summed E-state index contributed by atoms with van der Waals surface area (Å²) in [7, 11) is 0. The van der Waals surface area contributed by atoms with Gasteiger partial charge in [0, 0.05) is 6.92 Å². The lowest BCUT2D eigenvalue weighted by Gasteiger charge is -2.54. The summed E-state index contributed by atoms with van der Waals surface area (Å²) in [5, 5.41) is 0. The Morgan fingerprint density at radius 1 is 1.06 bits per heavy atom. The number of carbonyl (C=O) groups is 1. The molecule has 0 aromatic rings. The molecule has 17 heavy (non-hydrogen) atoms. The topological polar surface area (TPSA) is 35.5 Å². The summed E-state index contributed by atoms with van der Waals surface area (Å²) in [6.45, 7) is 3.28. The predicted molar refractivity (Wildman–Crippen MR) is 63.1 cm³/mol. The largest absolute Gasteiger partial charge is 0.436 e. The van der Waals surface area contributed by atoms with Crippen molar-refractivity contribution in [1.82, 2.24) is 0 Å². The third-order valence-corrected chi connectivity index (χ3v) is 4.82. The minimum Gasteiger partial charge on any atom is -0.436 e. The second kappa shape index (κ2) is 4.27. The van der Waals surface area contributed by atoms with Gasteiger partial charge in [-0.05, 0) is 62.7 Å². The van der Waals surface area contributed by atoms with Gasteiger partial charge in [-0.15, -0.1) is 0 Å². The monoisotopic (exact) mass is 238 g/mol. The van der Waals surface area contributed by atoms with Crippen LogP contribution in [0, 0.1) is 23.7 Å². The average Bonchev–Trinajstić information content (AvgIpc) is 2.21. The molecule has 1 atom stereocenters. The van der Waals surface area contributed by atoms with Gasteiger partial charge in [0.25, 0.3) is 0 Å². The highest BCUT2D eigenvalue weighted by Gasteiger charge is 2.49. The summed E-state index contributed by atoms with van der Waals surface area (Å²) in [6.07, 6.45) is 6.77. The predicted octanol–water partition coefficient (Wildman–Crippen LogP) is 2.74. The van der Waals surface area contributed by atoms with Crippen molar-refractivity contribution in [2.24, 2.45) is 23.7 Å². The fourth-order valence-corrected chi connectivity index (χ4v) is 4.58. The molecule has 0 heterocycles. The number of hydrogen-bond donors (Lipinski definition) is 0. The van der Waals surface area contributed by atoms with Gasteiger partial charge in [-0.1, -0.05) is 0 Å². The molecule has 4 aliphatic rings. The van der Waals surface area contributed by atoms with E-state index < -0.39 is 0 Å². The maximum Gasteiger partial charge on any atom is 0.304 e. The lowest BCUT2D eigenvalue weighted by Crippen LogP contribution is -2.50. The van der Waals surface area contributed by atoms with E-state index >= 15 is 0 Å². The van der Waals surface area contributed by atoms with Crippen molar-refractivity contribution in [3.63, 3.8) is 0 Å². The lowest BCUT2D eigenvalue weighted by molar-refractivity contribution is -0.217. The van der Waals surface area contributed by atoms with Crippen molar-refractivity contribution in [1.29, 1.82) is 0 Å². The molecule has 0 amide bonds. The first kappa shape index (κ1) is 11.5. The minimum atomic E-state index is -0.380. The molecule has 4 rings (SSSR count). The number of carbonyl (C=O) groups excluding carboxylic acids is 1. The van der Waals surface area contributed by atoms with Gasteiger partial charge in [0.15, 0.2) is 6.29 Å². The zero-order valence-corrected chi connectivity index (χ0v) is 10.7. The van der Waals surface area contributed by atoms with Crippen molar-refractivity contribution < 1.29 is 14.3 Å². The summed E-state index contributed by atoms with van der Waals surface area (Å²) >= 11 is 0. The molecule has 0 saturated heterocycles. The van der Waals surface area contributed by atoms with Crippen LogP contribution in [0.15, 0.2) is 0 Å². The molecule has 0 aliphatic heterocycles. The van der Waals surface area contributed by atoms with Gasteiger partial charge in [-0.3, -0.25) is 4.79 Å². The molecule has 4 aliphatic carbocycles. The van der Waals surface area contributed by atoms with Crippen LogP contribution >= 0.6 is 0 Å². The van der Waals surface area contributed by atoms with Crippen LogP contribution in [-0.4, -0.2) is 18.4 Å². The molecule has 3 heteroatoms. The smallest absolute Gasteiger partial charge is 0.304 e. The summed E-state index contributed by atoms with van der Waals surface area (Å²) < 4.78 is 11.1. The van der Waals surface area contributed by atoms with E-state index in [2.05, 4.69) is 0 Å². The molecule has 0 aromatic heterocycles. The van der Waals surface area contributed by atoms with Crippen molar-refractivity contribution in [3.05, 3.63) is 0 Å². The number of ether oxygens (including phenoxy) is 2. The normalized spacial score (nSPS) is 44.7. The van der Waals surface area contributed by atoms with E-state index in [4.69, 9.17) is 9.47 Å². The maximum atomic E-state index is 10.9.